The van der Waals surface area contributed by atoms with E-state index >= 15 is 0 Å². The number of aromatic nitrogens is 2. The monoisotopic (exact) mass is 573 g/mol. The molecule has 1 aliphatic rings. The van der Waals surface area contributed by atoms with Crippen LogP contribution in [0.15, 0.2) is 58.5 Å². The van der Waals surface area contributed by atoms with Gasteiger partial charge in [-0.3, -0.25) is 14.2 Å². The Labute approximate surface area is 248 Å². The largest absolute Gasteiger partial charge is 0.397 e. The van der Waals surface area contributed by atoms with Crippen LogP contribution >= 0.6 is 0 Å². The van der Waals surface area contributed by atoms with Crippen LogP contribution in [0, 0.1) is 0 Å². The van der Waals surface area contributed by atoms with Crippen molar-refractivity contribution in [2.75, 3.05) is 7.11 Å². The molecule has 2 heterocycles. The molecule has 9 nitrogen and oxygen atoms in total. The van der Waals surface area contributed by atoms with Crippen LogP contribution in [0.5, 0.6) is 0 Å². The second-order valence-electron chi connectivity index (χ2n) is 11.3. The van der Waals surface area contributed by atoms with Gasteiger partial charge in [0.05, 0.1) is 17.9 Å². The molecule has 1 fully saturated rings. The summed E-state index contributed by atoms with van der Waals surface area (Å²) in [5, 5.41) is 6.59. The van der Waals surface area contributed by atoms with E-state index in [1.54, 1.807) is 0 Å². The molecule has 1 saturated heterocycles. The number of hydrogen-bond acceptors (Lipinski definition) is 7. The molecule has 0 saturated carbocycles. The van der Waals surface area contributed by atoms with Gasteiger partial charge in [-0.15, -0.1) is 0 Å². The molecule has 1 aromatic heterocycles. The lowest BCUT2D eigenvalue weighted by molar-refractivity contribution is -0.108. The van der Waals surface area contributed by atoms with Crippen molar-refractivity contribution >= 4 is 12.2 Å². The summed E-state index contributed by atoms with van der Waals surface area (Å²) in [5.74, 6) is 1.11. The Morgan fingerprint density at radius 2 is 1.86 bits per heavy atom. The van der Waals surface area contributed by atoms with Gasteiger partial charge in [-0.05, 0) is 49.8 Å². The van der Waals surface area contributed by atoms with Crippen molar-refractivity contribution in [1.29, 1.82) is 0 Å². The minimum absolute atomic E-state index is 0.00305. The number of ether oxygens (including phenoxy) is 1. The number of amides is 1. The second-order valence-corrected chi connectivity index (χ2v) is 11.3. The summed E-state index contributed by atoms with van der Waals surface area (Å²) in [7, 11) is 1.44. The van der Waals surface area contributed by atoms with Crippen LogP contribution in [0.4, 0.5) is 0 Å². The molecule has 0 bridgehead atoms. The first-order valence-corrected chi connectivity index (χ1v) is 14.8. The maximum absolute atomic E-state index is 14.1. The minimum atomic E-state index is -0.533. The number of oxime groups is 1. The van der Waals surface area contributed by atoms with Crippen molar-refractivity contribution in [2.24, 2.45) is 10.9 Å². The van der Waals surface area contributed by atoms with Crippen LogP contribution in [0.2, 0.25) is 0 Å². The van der Waals surface area contributed by atoms with Crippen LogP contribution in [0.3, 0.4) is 0 Å². The lowest BCUT2D eigenvalue weighted by Crippen LogP contribution is -2.54. The molecular weight excluding hydrogens is 530 g/mol. The predicted molar refractivity (Wildman–Crippen MR) is 165 cm³/mol. The first-order valence-electron chi connectivity index (χ1n) is 14.8. The van der Waals surface area contributed by atoms with Crippen molar-refractivity contribution in [3.8, 4) is 11.1 Å². The number of nitrogens with zero attached hydrogens (tertiary/aromatic N) is 3. The maximum atomic E-state index is 14.1. The Balaban J connectivity index is 1.69. The summed E-state index contributed by atoms with van der Waals surface area (Å²) in [6.45, 7) is 8.66. The molecule has 0 radical (unpaired) electrons. The van der Waals surface area contributed by atoms with Crippen LogP contribution in [-0.4, -0.2) is 46.7 Å². The normalized spacial score (nSPS) is 20.8. The van der Waals surface area contributed by atoms with Gasteiger partial charge in [-0.25, -0.2) is 4.98 Å². The van der Waals surface area contributed by atoms with Gasteiger partial charge in [-0.1, -0.05) is 74.0 Å². The molecule has 3 N–H and O–H groups in total. The zero-order chi connectivity index (χ0) is 30.3. The van der Waals surface area contributed by atoms with E-state index in [0.29, 0.717) is 44.5 Å². The van der Waals surface area contributed by atoms with E-state index in [9.17, 15) is 9.59 Å². The third-order valence-corrected chi connectivity index (χ3v) is 7.76. The third-order valence-electron chi connectivity index (χ3n) is 7.76. The van der Waals surface area contributed by atoms with Gasteiger partial charge in [-0.2, -0.15) is 0 Å². The van der Waals surface area contributed by atoms with E-state index in [4.69, 9.17) is 20.3 Å². The fourth-order valence-electron chi connectivity index (χ4n) is 6.15. The number of carbonyl (C=O) groups is 1. The lowest BCUT2D eigenvalue weighted by Gasteiger charge is -2.40. The highest BCUT2D eigenvalue weighted by atomic mass is 16.6. The number of nitrogens with one attached hydrogen (secondary N) is 1. The molecule has 2 atom stereocenters. The fourth-order valence-corrected chi connectivity index (χ4v) is 6.15. The van der Waals surface area contributed by atoms with Crippen molar-refractivity contribution in [3.05, 3.63) is 87.1 Å². The van der Waals surface area contributed by atoms with Gasteiger partial charge in [0, 0.05) is 36.1 Å². The smallest absolute Gasteiger partial charge is 0.257 e. The summed E-state index contributed by atoms with van der Waals surface area (Å²) in [5.41, 5.74) is 11.5. The second kappa shape index (κ2) is 13.9. The van der Waals surface area contributed by atoms with Crippen LogP contribution in [0.1, 0.15) is 75.2 Å². The van der Waals surface area contributed by atoms with Gasteiger partial charge >= 0.3 is 0 Å². The molecule has 42 heavy (non-hydrogen) atoms. The number of rotatable bonds is 11. The van der Waals surface area contributed by atoms with Crippen molar-refractivity contribution in [2.45, 2.75) is 90.5 Å². The Hall–Kier alpha value is -3.82. The van der Waals surface area contributed by atoms with Gasteiger partial charge in [0.1, 0.15) is 12.9 Å². The zero-order valence-corrected chi connectivity index (χ0v) is 25.4. The number of amidine groups is 1. The van der Waals surface area contributed by atoms with E-state index in [2.05, 4.69) is 17.4 Å². The summed E-state index contributed by atoms with van der Waals surface area (Å²) >= 11 is 0. The highest BCUT2D eigenvalue weighted by molar-refractivity contribution is 6.08. The van der Waals surface area contributed by atoms with E-state index in [1.165, 1.54) is 7.11 Å². The highest BCUT2D eigenvalue weighted by Crippen LogP contribution is 2.29. The molecule has 0 spiro atoms. The SMILES string of the molecule is CCCc1nc(CC)n(CC2(N)CC(C)OC(C)C2)c(=O)c1Cc1ccc(-c2ccccc2/C(=N/OC)NC=O)cc1. The summed E-state index contributed by atoms with van der Waals surface area (Å²) in [6, 6.07) is 15.8. The quantitative estimate of drug-likeness (QED) is 0.152. The molecular formula is C33H43N5O4. The van der Waals surface area contributed by atoms with E-state index in [0.717, 1.165) is 52.2 Å². The summed E-state index contributed by atoms with van der Waals surface area (Å²) < 4.78 is 7.75. The number of nitrogens with two attached hydrogens (primary N) is 1. The summed E-state index contributed by atoms with van der Waals surface area (Å²) in [4.78, 5) is 35.2. The molecule has 224 valence electrons. The Morgan fingerprint density at radius 1 is 1.17 bits per heavy atom. The predicted octanol–water partition coefficient (Wildman–Crippen LogP) is 4.35. The molecule has 3 aromatic rings. The van der Waals surface area contributed by atoms with Gasteiger partial charge < -0.3 is 20.6 Å². The molecule has 0 aliphatic carbocycles. The Morgan fingerprint density at radius 3 is 2.48 bits per heavy atom. The molecule has 2 aromatic carbocycles. The topological polar surface area (TPSA) is 121 Å². The first kappa shape index (κ1) is 31.1. The minimum Gasteiger partial charge on any atom is -0.397 e. The zero-order valence-electron chi connectivity index (χ0n) is 25.4. The molecule has 2 unspecified atom stereocenters. The number of hydrogen-bond donors (Lipinski definition) is 2. The number of aryl methyl sites for hydroxylation is 2. The average molecular weight is 574 g/mol. The van der Waals surface area contributed by atoms with Crippen molar-refractivity contribution in [1.82, 2.24) is 14.9 Å². The third kappa shape index (κ3) is 7.14. The van der Waals surface area contributed by atoms with Gasteiger partial charge in [0.2, 0.25) is 6.41 Å². The maximum Gasteiger partial charge on any atom is 0.257 e. The standard InChI is InChI=1S/C33H43N5O4/c1-6-10-29-28(32(40)38(30(7-2)36-29)20-33(34)18-22(3)42-23(4)19-33)17-24-13-15-25(16-14-24)26-11-8-9-12-27(26)31(35-21-39)37-41-5/h8-9,11-16,21-23H,6-7,10,17-20,34H2,1-5H3,(H,35,37,39). The summed E-state index contributed by atoms with van der Waals surface area (Å²) in [6.07, 6.45) is 4.83. The Kier molecular flexibility index (Phi) is 10.3. The van der Waals surface area contributed by atoms with Gasteiger partial charge in [0.15, 0.2) is 5.84 Å². The van der Waals surface area contributed by atoms with Crippen LogP contribution in [-0.2, 0) is 40.2 Å². The van der Waals surface area contributed by atoms with Crippen LogP contribution in [0.25, 0.3) is 11.1 Å². The van der Waals surface area contributed by atoms with E-state index < -0.39 is 5.54 Å². The first-order chi connectivity index (χ1) is 20.2. The van der Waals surface area contributed by atoms with Crippen molar-refractivity contribution in [3.63, 3.8) is 0 Å². The Bertz CT molecular complexity index is 1450. The molecule has 4 rings (SSSR count). The van der Waals surface area contributed by atoms with E-state index in [-0.39, 0.29) is 17.8 Å². The van der Waals surface area contributed by atoms with Crippen LogP contribution < -0.4 is 16.6 Å². The highest BCUT2D eigenvalue weighted by Gasteiger charge is 2.36. The van der Waals surface area contributed by atoms with Gasteiger partial charge in [0.25, 0.3) is 5.56 Å². The number of benzene rings is 2. The molecule has 9 heteroatoms. The lowest BCUT2D eigenvalue weighted by atomic mass is 9.85. The van der Waals surface area contributed by atoms with Crippen molar-refractivity contribution < 1.29 is 14.4 Å². The molecule has 1 aliphatic heterocycles. The average Bonchev–Trinajstić information content (AvgIpc) is 2.96. The van der Waals surface area contributed by atoms with E-state index in [1.807, 2.05) is 73.9 Å². The molecule has 1 amide bonds. The fraction of sp³-hybridized carbons (Fsp3) is 0.455. The number of carbonyl (C=O) groups excluding carboxylic acids is 1.